The first kappa shape index (κ1) is 14.7. The molecule has 2 rings (SSSR count). The number of hydrogen-bond acceptors (Lipinski definition) is 6. The summed E-state index contributed by atoms with van der Waals surface area (Å²) in [6, 6.07) is 3.83. The standard InChI is InChI=1S/C13H14N2O3S2/c1-2-18-13(17)11-8(9-4-3-5-19-9)7-20-12(11)15-10(16)6-14/h3-5,7H,2,6,14H2,1H3,(H,15,16). The van der Waals surface area contributed by atoms with E-state index in [1.165, 1.54) is 22.7 Å². The van der Waals surface area contributed by atoms with Crippen molar-refractivity contribution in [2.24, 2.45) is 5.73 Å². The second-order valence-corrected chi connectivity index (χ2v) is 5.63. The highest BCUT2D eigenvalue weighted by molar-refractivity contribution is 7.17. The summed E-state index contributed by atoms with van der Waals surface area (Å²) in [5, 5.41) is 6.88. The third-order valence-electron chi connectivity index (χ3n) is 2.50. The molecule has 0 fully saturated rings. The van der Waals surface area contributed by atoms with Gasteiger partial charge in [0.1, 0.15) is 10.6 Å². The van der Waals surface area contributed by atoms with Gasteiger partial charge in [-0.05, 0) is 18.4 Å². The van der Waals surface area contributed by atoms with Crippen molar-refractivity contribution in [2.75, 3.05) is 18.5 Å². The molecule has 1 amide bonds. The molecule has 0 saturated carbocycles. The first-order chi connectivity index (χ1) is 9.67. The van der Waals surface area contributed by atoms with Crippen molar-refractivity contribution in [1.29, 1.82) is 0 Å². The molecular formula is C13H14N2O3S2. The minimum atomic E-state index is -0.440. The molecule has 0 unspecified atom stereocenters. The number of anilines is 1. The number of carbonyl (C=O) groups is 2. The van der Waals surface area contributed by atoms with Crippen LogP contribution in [0.25, 0.3) is 10.4 Å². The van der Waals surface area contributed by atoms with Crippen LogP contribution < -0.4 is 11.1 Å². The van der Waals surface area contributed by atoms with Crippen molar-refractivity contribution >= 4 is 39.6 Å². The first-order valence-electron chi connectivity index (χ1n) is 5.99. The van der Waals surface area contributed by atoms with Crippen LogP contribution in [0.15, 0.2) is 22.9 Å². The maximum atomic E-state index is 12.1. The molecule has 106 valence electrons. The Hall–Kier alpha value is -1.70. The van der Waals surface area contributed by atoms with Crippen molar-refractivity contribution < 1.29 is 14.3 Å². The number of carbonyl (C=O) groups excluding carboxylic acids is 2. The topological polar surface area (TPSA) is 81.4 Å². The van der Waals surface area contributed by atoms with Crippen molar-refractivity contribution in [2.45, 2.75) is 6.92 Å². The number of ether oxygens (including phenoxy) is 1. The number of nitrogens with two attached hydrogens (primary N) is 1. The Morgan fingerprint density at radius 3 is 2.80 bits per heavy atom. The van der Waals surface area contributed by atoms with Crippen LogP contribution in [-0.4, -0.2) is 25.0 Å². The van der Waals surface area contributed by atoms with Crippen LogP contribution in [0.3, 0.4) is 0 Å². The van der Waals surface area contributed by atoms with Gasteiger partial charge >= 0.3 is 5.97 Å². The molecule has 0 spiro atoms. The molecular weight excluding hydrogens is 296 g/mol. The van der Waals surface area contributed by atoms with Crippen molar-refractivity contribution in [3.8, 4) is 10.4 Å². The molecule has 0 aliphatic carbocycles. The van der Waals surface area contributed by atoms with Crippen LogP contribution >= 0.6 is 22.7 Å². The third-order valence-corrected chi connectivity index (χ3v) is 4.29. The maximum Gasteiger partial charge on any atom is 0.341 e. The number of hydrogen-bond donors (Lipinski definition) is 2. The van der Waals surface area contributed by atoms with Gasteiger partial charge in [-0.1, -0.05) is 6.07 Å². The van der Waals surface area contributed by atoms with Crippen LogP contribution in [0.1, 0.15) is 17.3 Å². The number of nitrogens with one attached hydrogen (secondary N) is 1. The van der Waals surface area contributed by atoms with Gasteiger partial charge in [0.2, 0.25) is 5.91 Å². The van der Waals surface area contributed by atoms with Crippen LogP contribution in [0, 0.1) is 0 Å². The van der Waals surface area contributed by atoms with Gasteiger partial charge in [0.25, 0.3) is 0 Å². The van der Waals surface area contributed by atoms with Gasteiger partial charge in [-0.3, -0.25) is 4.79 Å². The number of amides is 1. The van der Waals surface area contributed by atoms with E-state index in [4.69, 9.17) is 10.5 Å². The molecule has 7 heteroatoms. The summed E-state index contributed by atoms with van der Waals surface area (Å²) in [5.41, 5.74) is 6.45. The van der Waals surface area contributed by atoms with E-state index < -0.39 is 5.97 Å². The summed E-state index contributed by atoms with van der Waals surface area (Å²) in [5.74, 6) is -0.778. The predicted molar refractivity (Wildman–Crippen MR) is 81.3 cm³/mol. The zero-order valence-corrected chi connectivity index (χ0v) is 12.5. The fourth-order valence-electron chi connectivity index (χ4n) is 1.65. The average molecular weight is 310 g/mol. The fourth-order valence-corrected chi connectivity index (χ4v) is 3.43. The normalized spacial score (nSPS) is 10.3. The van der Waals surface area contributed by atoms with E-state index in [0.29, 0.717) is 10.6 Å². The molecule has 2 aromatic rings. The van der Waals surface area contributed by atoms with Gasteiger partial charge in [0.15, 0.2) is 0 Å². The smallest absolute Gasteiger partial charge is 0.341 e. The molecule has 0 bridgehead atoms. The first-order valence-corrected chi connectivity index (χ1v) is 7.75. The monoisotopic (exact) mass is 310 g/mol. The molecule has 0 radical (unpaired) electrons. The van der Waals surface area contributed by atoms with Gasteiger partial charge in [0, 0.05) is 15.8 Å². The Morgan fingerprint density at radius 1 is 1.40 bits per heavy atom. The van der Waals surface area contributed by atoms with Crippen molar-refractivity contribution in [1.82, 2.24) is 0 Å². The van der Waals surface area contributed by atoms with E-state index in [1.807, 2.05) is 22.9 Å². The van der Waals surface area contributed by atoms with Crippen molar-refractivity contribution in [3.05, 3.63) is 28.5 Å². The Labute approximate surface area is 124 Å². The SMILES string of the molecule is CCOC(=O)c1c(-c2cccs2)csc1NC(=O)CN. The van der Waals surface area contributed by atoms with Crippen LogP contribution in [-0.2, 0) is 9.53 Å². The molecule has 5 nitrogen and oxygen atoms in total. The average Bonchev–Trinajstić information content (AvgIpc) is 3.07. The number of rotatable bonds is 5. The van der Waals surface area contributed by atoms with E-state index in [0.717, 1.165) is 10.4 Å². The molecule has 0 saturated heterocycles. The van der Waals surface area contributed by atoms with Gasteiger partial charge in [-0.25, -0.2) is 4.79 Å². The summed E-state index contributed by atoms with van der Waals surface area (Å²) in [4.78, 5) is 24.5. The summed E-state index contributed by atoms with van der Waals surface area (Å²) in [6.07, 6.45) is 0. The minimum Gasteiger partial charge on any atom is -0.462 e. The van der Waals surface area contributed by atoms with Crippen LogP contribution in [0.4, 0.5) is 5.00 Å². The fraction of sp³-hybridized carbons (Fsp3) is 0.231. The van der Waals surface area contributed by atoms with E-state index in [2.05, 4.69) is 5.32 Å². The van der Waals surface area contributed by atoms with Crippen molar-refractivity contribution in [3.63, 3.8) is 0 Å². The highest BCUT2D eigenvalue weighted by Gasteiger charge is 2.22. The number of esters is 1. The molecule has 2 aromatic heterocycles. The summed E-state index contributed by atoms with van der Waals surface area (Å²) < 4.78 is 5.07. The van der Waals surface area contributed by atoms with Gasteiger partial charge in [0.05, 0.1) is 13.2 Å². The van der Waals surface area contributed by atoms with Crippen LogP contribution in [0.5, 0.6) is 0 Å². The number of thiophene rings is 2. The van der Waals surface area contributed by atoms with Gasteiger partial charge < -0.3 is 15.8 Å². The lowest BCUT2D eigenvalue weighted by Gasteiger charge is -2.07. The summed E-state index contributed by atoms with van der Waals surface area (Å²) in [7, 11) is 0. The van der Waals surface area contributed by atoms with E-state index in [1.54, 1.807) is 6.92 Å². The zero-order chi connectivity index (χ0) is 14.5. The molecule has 20 heavy (non-hydrogen) atoms. The Kier molecular flexibility index (Phi) is 4.89. The Morgan fingerprint density at radius 2 is 2.20 bits per heavy atom. The second kappa shape index (κ2) is 6.65. The molecule has 0 aliphatic rings. The van der Waals surface area contributed by atoms with Crippen LogP contribution in [0.2, 0.25) is 0 Å². The summed E-state index contributed by atoms with van der Waals surface area (Å²) >= 11 is 2.82. The largest absolute Gasteiger partial charge is 0.462 e. The van der Waals surface area contributed by atoms with E-state index >= 15 is 0 Å². The molecule has 2 heterocycles. The van der Waals surface area contributed by atoms with E-state index in [-0.39, 0.29) is 19.1 Å². The molecule has 0 atom stereocenters. The minimum absolute atomic E-state index is 0.130. The Bertz CT molecular complexity index is 605. The second-order valence-electron chi connectivity index (χ2n) is 3.80. The molecule has 0 aliphatic heterocycles. The van der Waals surface area contributed by atoms with Gasteiger partial charge in [-0.15, -0.1) is 22.7 Å². The predicted octanol–water partition coefficient (Wildman–Crippen LogP) is 2.55. The molecule has 3 N–H and O–H groups in total. The molecule has 0 aromatic carbocycles. The lowest BCUT2D eigenvalue weighted by Crippen LogP contribution is -2.22. The Balaban J connectivity index is 2.42. The quantitative estimate of drug-likeness (QED) is 0.832. The van der Waals surface area contributed by atoms with Gasteiger partial charge in [-0.2, -0.15) is 0 Å². The summed E-state index contributed by atoms with van der Waals surface area (Å²) in [6.45, 7) is 1.89. The highest BCUT2D eigenvalue weighted by Crippen LogP contribution is 2.38. The third kappa shape index (κ3) is 3.06. The zero-order valence-electron chi connectivity index (χ0n) is 10.8. The maximum absolute atomic E-state index is 12.1. The lowest BCUT2D eigenvalue weighted by molar-refractivity contribution is -0.114. The highest BCUT2D eigenvalue weighted by atomic mass is 32.1. The van der Waals surface area contributed by atoms with E-state index in [9.17, 15) is 9.59 Å². The lowest BCUT2D eigenvalue weighted by atomic mass is 10.1.